The highest BCUT2D eigenvalue weighted by Crippen LogP contribution is 2.18. The van der Waals surface area contributed by atoms with Crippen LogP contribution in [0.5, 0.6) is 0 Å². The van der Waals surface area contributed by atoms with E-state index in [4.69, 9.17) is 4.74 Å². The zero-order valence-corrected chi connectivity index (χ0v) is 16.7. The molecule has 7 nitrogen and oxygen atoms in total. The van der Waals surface area contributed by atoms with E-state index in [0.29, 0.717) is 6.54 Å². The molecule has 0 unspecified atom stereocenters. The van der Waals surface area contributed by atoms with Crippen LogP contribution in [0.3, 0.4) is 0 Å². The van der Waals surface area contributed by atoms with Crippen LogP contribution in [0.2, 0.25) is 0 Å². The molecule has 158 valence electrons. The number of nitrogens with one attached hydrogen (secondary N) is 3. The molecule has 29 heavy (non-hydrogen) atoms. The molecule has 7 heteroatoms. The molecular weight excluding hydrogens is 370 g/mol. The normalized spacial score (nSPS) is 24.7. The summed E-state index contributed by atoms with van der Waals surface area (Å²) in [7, 11) is 0. The Morgan fingerprint density at radius 2 is 1.79 bits per heavy atom. The lowest BCUT2D eigenvalue weighted by molar-refractivity contribution is -0.125. The van der Waals surface area contributed by atoms with Crippen molar-refractivity contribution in [1.29, 1.82) is 0 Å². The highest BCUT2D eigenvalue weighted by atomic mass is 16.5. The number of carbonyl (C=O) groups is 2. The minimum absolute atomic E-state index is 0.123. The monoisotopic (exact) mass is 401 g/mol. The predicted octanol–water partition coefficient (Wildman–Crippen LogP) is 2.01. The summed E-state index contributed by atoms with van der Waals surface area (Å²) < 4.78 is 5.82. The molecule has 3 atom stereocenters. The van der Waals surface area contributed by atoms with Crippen LogP contribution in [0.1, 0.15) is 44.1 Å². The number of aliphatic hydroxyl groups excluding tert-OH is 1. The van der Waals surface area contributed by atoms with E-state index in [1.54, 1.807) is 12.2 Å². The maximum atomic E-state index is 12.3. The van der Waals surface area contributed by atoms with Gasteiger partial charge in [0.1, 0.15) is 6.10 Å². The molecule has 1 aromatic rings. The number of aliphatic hydroxyl groups is 1. The maximum absolute atomic E-state index is 12.3. The molecule has 1 heterocycles. The molecule has 1 saturated carbocycles. The highest BCUT2D eigenvalue weighted by molar-refractivity contribution is 5.77. The van der Waals surface area contributed by atoms with Gasteiger partial charge in [-0.1, -0.05) is 61.7 Å². The van der Waals surface area contributed by atoms with E-state index in [-0.39, 0.29) is 31.0 Å². The number of hydrogen-bond donors (Lipinski definition) is 4. The number of urea groups is 1. The van der Waals surface area contributed by atoms with Crippen molar-refractivity contribution in [1.82, 2.24) is 16.0 Å². The van der Waals surface area contributed by atoms with Crippen molar-refractivity contribution >= 4 is 11.9 Å². The van der Waals surface area contributed by atoms with Gasteiger partial charge in [-0.25, -0.2) is 4.79 Å². The lowest BCUT2D eigenvalue weighted by atomic mass is 9.96. The van der Waals surface area contributed by atoms with Gasteiger partial charge < -0.3 is 25.8 Å². The minimum Gasteiger partial charge on any atom is -0.394 e. The Morgan fingerprint density at radius 1 is 1.03 bits per heavy atom. The van der Waals surface area contributed by atoms with Crippen molar-refractivity contribution in [3.8, 4) is 0 Å². The van der Waals surface area contributed by atoms with Gasteiger partial charge in [0.05, 0.1) is 25.2 Å². The van der Waals surface area contributed by atoms with Crippen LogP contribution in [0.15, 0.2) is 42.5 Å². The van der Waals surface area contributed by atoms with Crippen LogP contribution >= 0.6 is 0 Å². The summed E-state index contributed by atoms with van der Waals surface area (Å²) in [6.07, 6.45) is 8.27. The molecule has 1 aliphatic heterocycles. The van der Waals surface area contributed by atoms with E-state index in [0.717, 1.165) is 31.2 Å². The van der Waals surface area contributed by atoms with E-state index >= 15 is 0 Å². The average Bonchev–Trinajstić information content (AvgIpc) is 2.74. The van der Waals surface area contributed by atoms with Gasteiger partial charge in [0, 0.05) is 12.6 Å². The topological polar surface area (TPSA) is 99.7 Å². The first-order valence-corrected chi connectivity index (χ1v) is 10.5. The molecular formula is C22H31N3O4. The van der Waals surface area contributed by atoms with Gasteiger partial charge >= 0.3 is 6.03 Å². The molecule has 0 spiro atoms. The Morgan fingerprint density at radius 3 is 2.52 bits per heavy atom. The zero-order chi connectivity index (χ0) is 20.5. The zero-order valence-electron chi connectivity index (χ0n) is 16.7. The van der Waals surface area contributed by atoms with Gasteiger partial charge in [0.15, 0.2) is 0 Å². The van der Waals surface area contributed by atoms with E-state index in [2.05, 4.69) is 16.0 Å². The number of carbonyl (C=O) groups excluding carboxylic acids is 2. The Hall–Kier alpha value is -2.38. The van der Waals surface area contributed by atoms with Gasteiger partial charge in [-0.3, -0.25) is 4.79 Å². The lowest BCUT2D eigenvalue weighted by Crippen LogP contribution is -2.53. The second-order valence-corrected chi connectivity index (χ2v) is 7.73. The van der Waals surface area contributed by atoms with Crippen molar-refractivity contribution in [3.05, 3.63) is 48.0 Å². The van der Waals surface area contributed by atoms with Gasteiger partial charge in [0.2, 0.25) is 5.91 Å². The molecule has 0 radical (unpaired) electrons. The van der Waals surface area contributed by atoms with E-state index in [1.807, 2.05) is 30.3 Å². The van der Waals surface area contributed by atoms with Gasteiger partial charge in [-0.05, 0) is 18.4 Å². The van der Waals surface area contributed by atoms with E-state index < -0.39 is 18.2 Å². The molecule has 2 aliphatic rings. The second-order valence-electron chi connectivity index (χ2n) is 7.73. The molecule has 4 N–H and O–H groups in total. The second kappa shape index (κ2) is 11.0. The van der Waals surface area contributed by atoms with Gasteiger partial charge in [0.25, 0.3) is 0 Å². The third-order valence-electron chi connectivity index (χ3n) is 5.42. The fourth-order valence-corrected chi connectivity index (χ4v) is 3.81. The van der Waals surface area contributed by atoms with Crippen molar-refractivity contribution in [3.63, 3.8) is 0 Å². The third kappa shape index (κ3) is 6.87. The number of benzene rings is 1. The van der Waals surface area contributed by atoms with Crippen LogP contribution in [0.4, 0.5) is 4.79 Å². The molecule has 1 aromatic carbocycles. The van der Waals surface area contributed by atoms with Crippen molar-refractivity contribution < 1.29 is 19.4 Å². The predicted molar refractivity (Wildman–Crippen MR) is 110 cm³/mol. The van der Waals surface area contributed by atoms with E-state index in [9.17, 15) is 14.7 Å². The summed E-state index contributed by atoms with van der Waals surface area (Å²) in [5, 5.41) is 18.4. The molecule has 1 aliphatic carbocycles. The Balaban J connectivity index is 1.44. The van der Waals surface area contributed by atoms with Crippen LogP contribution in [-0.4, -0.2) is 47.9 Å². The SMILES string of the molecule is O=C(C[C@H]1C=C[C@@H](NC(=O)NC2CCCCC2)[C@H](CO)O1)NCc1ccccc1. The summed E-state index contributed by atoms with van der Waals surface area (Å²) >= 11 is 0. The lowest BCUT2D eigenvalue weighted by Gasteiger charge is -2.32. The summed E-state index contributed by atoms with van der Waals surface area (Å²) in [5.74, 6) is -0.123. The average molecular weight is 402 g/mol. The molecule has 3 rings (SSSR count). The quantitative estimate of drug-likeness (QED) is 0.525. The summed E-state index contributed by atoms with van der Waals surface area (Å²) in [6, 6.07) is 9.24. The first-order valence-electron chi connectivity index (χ1n) is 10.5. The van der Waals surface area contributed by atoms with Crippen molar-refractivity contribution in [2.24, 2.45) is 0 Å². The Bertz CT molecular complexity index is 689. The van der Waals surface area contributed by atoms with Gasteiger partial charge in [-0.15, -0.1) is 0 Å². The summed E-state index contributed by atoms with van der Waals surface area (Å²) in [4.78, 5) is 24.5. The van der Waals surface area contributed by atoms with Crippen molar-refractivity contribution in [2.45, 2.75) is 69.4 Å². The fraction of sp³-hybridized carbons (Fsp3) is 0.545. The largest absolute Gasteiger partial charge is 0.394 e. The smallest absolute Gasteiger partial charge is 0.315 e. The summed E-state index contributed by atoms with van der Waals surface area (Å²) in [5.41, 5.74) is 1.03. The summed E-state index contributed by atoms with van der Waals surface area (Å²) in [6.45, 7) is 0.228. The molecule has 0 bridgehead atoms. The van der Waals surface area contributed by atoms with Crippen molar-refractivity contribution in [2.75, 3.05) is 6.61 Å². The number of ether oxygens (including phenoxy) is 1. The number of hydrogen-bond acceptors (Lipinski definition) is 4. The van der Waals surface area contributed by atoms with E-state index in [1.165, 1.54) is 6.42 Å². The minimum atomic E-state index is -0.580. The van der Waals surface area contributed by atoms with Crippen LogP contribution in [0.25, 0.3) is 0 Å². The molecule has 0 aromatic heterocycles. The fourth-order valence-electron chi connectivity index (χ4n) is 3.81. The highest BCUT2D eigenvalue weighted by Gasteiger charge is 2.29. The van der Waals surface area contributed by atoms with Crippen LogP contribution in [-0.2, 0) is 16.1 Å². The van der Waals surface area contributed by atoms with Gasteiger partial charge in [-0.2, -0.15) is 0 Å². The Kier molecular flexibility index (Phi) is 8.07. The van der Waals surface area contributed by atoms with Crippen LogP contribution in [0, 0.1) is 0 Å². The van der Waals surface area contributed by atoms with Crippen LogP contribution < -0.4 is 16.0 Å². The molecule has 3 amide bonds. The first kappa shape index (κ1) is 21.3. The maximum Gasteiger partial charge on any atom is 0.315 e. The number of rotatable bonds is 7. The standard InChI is InChI=1S/C22H31N3O4/c26-15-20-19(25-22(28)24-17-9-5-2-6-10-17)12-11-18(29-20)13-21(27)23-14-16-7-3-1-4-8-16/h1,3-4,7-8,11-12,17-20,26H,2,5-6,9-10,13-15H2,(H,23,27)(H2,24,25,28)/t18-,19-,20+/m1/s1. The molecule has 1 fully saturated rings. The third-order valence-corrected chi connectivity index (χ3v) is 5.42. The molecule has 0 saturated heterocycles. The first-order chi connectivity index (χ1) is 14.1. The Labute approximate surface area is 171 Å². The number of amides is 3.